The van der Waals surface area contributed by atoms with Gasteiger partial charge in [0.2, 0.25) is 0 Å². The molecule has 3 aromatic rings. The van der Waals surface area contributed by atoms with Crippen molar-refractivity contribution in [3.63, 3.8) is 0 Å². The predicted molar refractivity (Wildman–Crippen MR) is 113 cm³/mol. The minimum Gasteiger partial charge on any atom is -0.489 e. The molecule has 0 amide bonds. The second-order valence-corrected chi connectivity index (χ2v) is 7.15. The summed E-state index contributed by atoms with van der Waals surface area (Å²) in [7, 11) is 0. The summed E-state index contributed by atoms with van der Waals surface area (Å²) in [5, 5.41) is 13.7. The SMILES string of the molecule is Cc1c(NCc2ccc(OCc3ccc(Cl)cc3Cl)cc2)cccc1C(=O)O. The monoisotopic (exact) mass is 415 g/mol. The van der Waals surface area contributed by atoms with Crippen molar-refractivity contribution < 1.29 is 14.6 Å². The van der Waals surface area contributed by atoms with Crippen molar-refractivity contribution in [1.82, 2.24) is 0 Å². The third-order valence-corrected chi connectivity index (χ3v) is 4.97. The smallest absolute Gasteiger partial charge is 0.336 e. The lowest BCUT2D eigenvalue weighted by Crippen LogP contribution is -2.05. The molecule has 0 fully saturated rings. The largest absolute Gasteiger partial charge is 0.489 e. The maximum absolute atomic E-state index is 11.2. The standard InChI is InChI=1S/C22H19Cl2NO3/c1-14-19(22(26)27)3-2-4-21(14)25-12-15-5-9-18(10-6-15)28-13-16-7-8-17(23)11-20(16)24/h2-11,25H,12-13H2,1H3,(H,26,27). The number of benzene rings is 3. The number of carboxylic acid groups (broad SMARTS) is 1. The normalized spacial score (nSPS) is 10.5. The molecule has 28 heavy (non-hydrogen) atoms. The zero-order valence-corrected chi connectivity index (χ0v) is 16.7. The van der Waals surface area contributed by atoms with Gasteiger partial charge in [0.1, 0.15) is 12.4 Å². The molecular formula is C22H19Cl2NO3. The van der Waals surface area contributed by atoms with E-state index in [-0.39, 0.29) is 0 Å². The minimum absolute atomic E-state index is 0.301. The van der Waals surface area contributed by atoms with Gasteiger partial charge in [-0.1, -0.05) is 47.5 Å². The molecule has 0 unspecified atom stereocenters. The zero-order valence-electron chi connectivity index (χ0n) is 15.2. The lowest BCUT2D eigenvalue weighted by Gasteiger charge is -2.12. The second-order valence-electron chi connectivity index (χ2n) is 6.31. The van der Waals surface area contributed by atoms with E-state index in [0.29, 0.717) is 28.8 Å². The number of halogens is 2. The molecule has 0 aliphatic heterocycles. The molecule has 0 heterocycles. The first-order valence-electron chi connectivity index (χ1n) is 8.66. The van der Waals surface area contributed by atoms with Crippen molar-refractivity contribution >= 4 is 34.9 Å². The first-order chi connectivity index (χ1) is 13.4. The van der Waals surface area contributed by atoms with E-state index in [1.165, 1.54) is 0 Å². The van der Waals surface area contributed by atoms with Gasteiger partial charge in [-0.15, -0.1) is 0 Å². The average molecular weight is 416 g/mol. The van der Waals surface area contributed by atoms with Gasteiger partial charge in [0.05, 0.1) is 5.56 Å². The Balaban J connectivity index is 1.59. The van der Waals surface area contributed by atoms with E-state index < -0.39 is 5.97 Å². The molecule has 3 aromatic carbocycles. The van der Waals surface area contributed by atoms with Crippen LogP contribution in [-0.4, -0.2) is 11.1 Å². The van der Waals surface area contributed by atoms with Crippen LogP contribution in [0.4, 0.5) is 5.69 Å². The Morgan fingerprint density at radius 1 is 1.07 bits per heavy atom. The minimum atomic E-state index is -0.927. The second kappa shape index (κ2) is 9.00. The number of aromatic carboxylic acids is 1. The summed E-state index contributed by atoms with van der Waals surface area (Å²) < 4.78 is 5.78. The summed E-state index contributed by atoms with van der Waals surface area (Å²) in [6, 6.07) is 18.2. The van der Waals surface area contributed by atoms with Gasteiger partial charge in [0.15, 0.2) is 0 Å². The highest BCUT2D eigenvalue weighted by molar-refractivity contribution is 6.35. The van der Waals surface area contributed by atoms with Crippen LogP contribution in [0.25, 0.3) is 0 Å². The molecule has 0 aromatic heterocycles. The summed E-state index contributed by atoms with van der Waals surface area (Å²) in [5.74, 6) is -0.192. The first-order valence-corrected chi connectivity index (χ1v) is 9.42. The van der Waals surface area contributed by atoms with E-state index in [0.717, 1.165) is 28.1 Å². The number of hydrogen-bond donors (Lipinski definition) is 2. The Morgan fingerprint density at radius 2 is 1.82 bits per heavy atom. The number of nitrogens with one attached hydrogen (secondary N) is 1. The fourth-order valence-corrected chi connectivity index (χ4v) is 3.22. The number of carbonyl (C=O) groups is 1. The van der Waals surface area contributed by atoms with Crippen molar-refractivity contribution in [2.75, 3.05) is 5.32 Å². The third kappa shape index (κ3) is 4.97. The van der Waals surface area contributed by atoms with Gasteiger partial charge in [-0.25, -0.2) is 4.79 Å². The molecule has 0 spiro atoms. The van der Waals surface area contributed by atoms with E-state index in [1.807, 2.05) is 36.4 Å². The van der Waals surface area contributed by atoms with E-state index in [1.54, 1.807) is 31.2 Å². The van der Waals surface area contributed by atoms with Gasteiger partial charge < -0.3 is 15.2 Å². The van der Waals surface area contributed by atoms with Crippen molar-refractivity contribution in [2.24, 2.45) is 0 Å². The Hall–Kier alpha value is -2.69. The molecule has 2 N–H and O–H groups in total. The molecule has 3 rings (SSSR count). The Labute approximate surface area is 173 Å². The van der Waals surface area contributed by atoms with Crippen LogP contribution >= 0.6 is 23.2 Å². The number of carboxylic acids is 1. The van der Waals surface area contributed by atoms with Crippen LogP contribution in [0.2, 0.25) is 10.0 Å². The fourth-order valence-electron chi connectivity index (χ4n) is 2.76. The zero-order chi connectivity index (χ0) is 20.1. The lowest BCUT2D eigenvalue weighted by atomic mass is 10.1. The third-order valence-electron chi connectivity index (χ3n) is 4.38. The van der Waals surface area contributed by atoms with Crippen LogP contribution in [0.15, 0.2) is 60.7 Å². The maximum atomic E-state index is 11.2. The van der Waals surface area contributed by atoms with Crippen molar-refractivity contribution in [3.8, 4) is 5.75 Å². The summed E-state index contributed by atoms with van der Waals surface area (Å²) in [4.78, 5) is 11.2. The summed E-state index contributed by atoms with van der Waals surface area (Å²) in [5.41, 5.74) is 3.74. The molecule has 0 aliphatic rings. The topological polar surface area (TPSA) is 58.6 Å². The average Bonchev–Trinajstić information content (AvgIpc) is 2.67. The Bertz CT molecular complexity index is 988. The van der Waals surface area contributed by atoms with Crippen LogP contribution in [0, 0.1) is 6.92 Å². The molecule has 0 atom stereocenters. The fraction of sp³-hybridized carbons (Fsp3) is 0.136. The van der Waals surface area contributed by atoms with Crippen LogP contribution in [0.5, 0.6) is 5.75 Å². The summed E-state index contributed by atoms with van der Waals surface area (Å²) in [6.45, 7) is 2.73. The maximum Gasteiger partial charge on any atom is 0.336 e. The van der Waals surface area contributed by atoms with Gasteiger partial charge in [0, 0.05) is 27.8 Å². The molecule has 6 heteroatoms. The van der Waals surface area contributed by atoms with Gasteiger partial charge >= 0.3 is 5.97 Å². The summed E-state index contributed by atoms with van der Waals surface area (Å²) >= 11 is 12.1. The van der Waals surface area contributed by atoms with E-state index in [4.69, 9.17) is 27.9 Å². The first kappa shape index (κ1) is 20.1. The molecule has 144 valence electrons. The quantitative estimate of drug-likeness (QED) is 0.482. The van der Waals surface area contributed by atoms with E-state index in [2.05, 4.69) is 5.32 Å². The molecule has 4 nitrogen and oxygen atoms in total. The molecular weight excluding hydrogens is 397 g/mol. The van der Waals surface area contributed by atoms with Crippen LogP contribution < -0.4 is 10.1 Å². The highest BCUT2D eigenvalue weighted by Crippen LogP contribution is 2.23. The van der Waals surface area contributed by atoms with Crippen molar-refractivity contribution in [2.45, 2.75) is 20.1 Å². The van der Waals surface area contributed by atoms with Crippen LogP contribution in [0.3, 0.4) is 0 Å². The highest BCUT2D eigenvalue weighted by atomic mass is 35.5. The summed E-state index contributed by atoms with van der Waals surface area (Å²) in [6.07, 6.45) is 0. The van der Waals surface area contributed by atoms with Gasteiger partial charge in [-0.05, 0) is 54.4 Å². The molecule has 0 saturated heterocycles. The van der Waals surface area contributed by atoms with Crippen LogP contribution in [0.1, 0.15) is 27.0 Å². The van der Waals surface area contributed by atoms with E-state index >= 15 is 0 Å². The number of ether oxygens (including phenoxy) is 1. The van der Waals surface area contributed by atoms with Gasteiger partial charge in [-0.3, -0.25) is 0 Å². The van der Waals surface area contributed by atoms with Crippen molar-refractivity contribution in [3.05, 3.63) is 93.0 Å². The Morgan fingerprint density at radius 3 is 2.50 bits per heavy atom. The molecule has 0 radical (unpaired) electrons. The molecule has 0 aliphatic carbocycles. The van der Waals surface area contributed by atoms with Crippen molar-refractivity contribution in [1.29, 1.82) is 0 Å². The molecule has 0 bridgehead atoms. The number of rotatable bonds is 7. The molecule has 0 saturated carbocycles. The number of anilines is 1. The predicted octanol–water partition coefficient (Wildman–Crippen LogP) is 6.19. The lowest BCUT2D eigenvalue weighted by molar-refractivity contribution is 0.0696. The van der Waals surface area contributed by atoms with Crippen LogP contribution in [-0.2, 0) is 13.2 Å². The Kier molecular flexibility index (Phi) is 6.45. The van der Waals surface area contributed by atoms with Gasteiger partial charge in [0.25, 0.3) is 0 Å². The number of hydrogen-bond acceptors (Lipinski definition) is 3. The highest BCUT2D eigenvalue weighted by Gasteiger charge is 2.09. The van der Waals surface area contributed by atoms with E-state index in [9.17, 15) is 9.90 Å². The van der Waals surface area contributed by atoms with Gasteiger partial charge in [-0.2, -0.15) is 0 Å².